The number of methoxy groups -OCH3 is 1. The number of hydrogen-bond acceptors (Lipinski definition) is 4. The van der Waals surface area contributed by atoms with E-state index in [1.165, 1.54) is 7.11 Å². The van der Waals surface area contributed by atoms with Crippen LogP contribution in [0.25, 0.3) is 0 Å². The molecule has 1 rings (SSSR count). The van der Waals surface area contributed by atoms with Crippen LogP contribution in [0, 0.1) is 5.92 Å². The lowest BCUT2D eigenvalue weighted by molar-refractivity contribution is -0.147. The summed E-state index contributed by atoms with van der Waals surface area (Å²) in [5.74, 6) is -0.317. The molecule has 5 nitrogen and oxygen atoms in total. The molecular formula is C18H27NO4. The van der Waals surface area contributed by atoms with Crippen molar-refractivity contribution in [1.82, 2.24) is 5.32 Å². The van der Waals surface area contributed by atoms with Gasteiger partial charge in [0.15, 0.2) is 0 Å². The normalized spacial score (nSPS) is 11.9. The molecule has 0 heterocycles. The van der Waals surface area contributed by atoms with Crippen molar-refractivity contribution in [2.45, 2.75) is 46.1 Å². The van der Waals surface area contributed by atoms with Crippen molar-refractivity contribution >= 4 is 11.9 Å². The van der Waals surface area contributed by atoms with Crippen LogP contribution in [-0.4, -0.2) is 31.6 Å². The molecule has 1 aromatic carbocycles. The van der Waals surface area contributed by atoms with E-state index in [-0.39, 0.29) is 17.8 Å². The van der Waals surface area contributed by atoms with Gasteiger partial charge in [0.25, 0.3) is 5.91 Å². The monoisotopic (exact) mass is 321 g/mol. The quantitative estimate of drug-likeness (QED) is 0.560. The molecule has 1 N–H and O–H groups in total. The smallest absolute Gasteiger partial charge is 0.328 e. The third kappa shape index (κ3) is 5.93. The third-order valence-corrected chi connectivity index (χ3v) is 3.55. The van der Waals surface area contributed by atoms with E-state index in [4.69, 9.17) is 9.47 Å². The zero-order chi connectivity index (χ0) is 17.2. The fourth-order valence-electron chi connectivity index (χ4n) is 2.16. The lowest BCUT2D eigenvalue weighted by Crippen LogP contribution is -2.45. The van der Waals surface area contributed by atoms with Crippen LogP contribution in [0.5, 0.6) is 5.75 Å². The molecule has 1 atom stereocenters. The molecule has 0 aliphatic heterocycles. The van der Waals surface area contributed by atoms with E-state index in [9.17, 15) is 9.59 Å². The summed E-state index contributed by atoms with van der Waals surface area (Å²) in [6.07, 6.45) is 2.93. The Bertz CT molecular complexity index is 513. The van der Waals surface area contributed by atoms with Gasteiger partial charge in [-0.25, -0.2) is 4.79 Å². The van der Waals surface area contributed by atoms with Crippen molar-refractivity contribution in [1.29, 1.82) is 0 Å². The molecule has 0 radical (unpaired) electrons. The van der Waals surface area contributed by atoms with E-state index in [1.54, 1.807) is 24.3 Å². The van der Waals surface area contributed by atoms with Crippen molar-refractivity contribution < 1.29 is 19.1 Å². The van der Waals surface area contributed by atoms with Crippen LogP contribution >= 0.6 is 0 Å². The minimum atomic E-state index is -0.672. The number of ether oxygens (including phenoxy) is 2. The molecule has 0 saturated carbocycles. The van der Waals surface area contributed by atoms with Gasteiger partial charge in [-0.15, -0.1) is 0 Å². The lowest BCUT2D eigenvalue weighted by atomic mass is 10.0. The number of rotatable bonds is 9. The van der Waals surface area contributed by atoms with Crippen LogP contribution in [0.3, 0.4) is 0 Å². The Balaban J connectivity index is 2.71. The zero-order valence-corrected chi connectivity index (χ0v) is 14.4. The van der Waals surface area contributed by atoms with Crippen LogP contribution in [0.2, 0.25) is 0 Å². The first-order valence-corrected chi connectivity index (χ1v) is 8.11. The van der Waals surface area contributed by atoms with E-state index in [0.717, 1.165) is 19.3 Å². The fourth-order valence-corrected chi connectivity index (χ4v) is 2.16. The largest absolute Gasteiger partial charge is 0.496 e. The van der Waals surface area contributed by atoms with E-state index in [0.29, 0.717) is 17.9 Å². The maximum Gasteiger partial charge on any atom is 0.328 e. The van der Waals surface area contributed by atoms with Gasteiger partial charge in [0.2, 0.25) is 0 Å². The van der Waals surface area contributed by atoms with Gasteiger partial charge in [0, 0.05) is 0 Å². The Morgan fingerprint density at radius 2 is 1.87 bits per heavy atom. The highest BCUT2D eigenvalue weighted by Crippen LogP contribution is 2.18. The summed E-state index contributed by atoms with van der Waals surface area (Å²) in [6.45, 7) is 6.23. The van der Waals surface area contributed by atoms with Crippen molar-refractivity contribution in [3.8, 4) is 5.75 Å². The summed E-state index contributed by atoms with van der Waals surface area (Å²) in [5.41, 5.74) is 0.402. The SMILES string of the molecule is CCCCCOC(=O)C(NC(=O)c1ccccc1OC)C(C)C. The molecule has 0 fully saturated rings. The van der Waals surface area contributed by atoms with Gasteiger partial charge in [-0.1, -0.05) is 45.7 Å². The maximum atomic E-state index is 12.4. The predicted octanol–water partition coefficient (Wildman–Crippen LogP) is 3.18. The number of amides is 1. The molecule has 0 bridgehead atoms. The topological polar surface area (TPSA) is 64.6 Å². The first-order valence-electron chi connectivity index (χ1n) is 8.11. The summed E-state index contributed by atoms with van der Waals surface area (Å²) < 4.78 is 10.5. The number of benzene rings is 1. The van der Waals surface area contributed by atoms with Gasteiger partial charge in [-0.05, 0) is 24.5 Å². The molecule has 1 amide bonds. The number of nitrogens with one attached hydrogen (secondary N) is 1. The second kappa shape index (κ2) is 9.87. The summed E-state index contributed by atoms with van der Waals surface area (Å²) in [5, 5.41) is 2.75. The van der Waals surface area contributed by atoms with E-state index in [1.807, 2.05) is 13.8 Å². The Morgan fingerprint density at radius 3 is 2.48 bits per heavy atom. The lowest BCUT2D eigenvalue weighted by Gasteiger charge is -2.21. The van der Waals surface area contributed by atoms with Crippen molar-refractivity contribution in [2.24, 2.45) is 5.92 Å². The molecule has 0 saturated heterocycles. The van der Waals surface area contributed by atoms with Gasteiger partial charge in [0.05, 0.1) is 19.3 Å². The average Bonchev–Trinajstić information content (AvgIpc) is 2.55. The van der Waals surface area contributed by atoms with Gasteiger partial charge in [0.1, 0.15) is 11.8 Å². The molecule has 1 unspecified atom stereocenters. The fraction of sp³-hybridized carbons (Fsp3) is 0.556. The number of carbonyl (C=O) groups excluding carboxylic acids is 2. The average molecular weight is 321 g/mol. The van der Waals surface area contributed by atoms with Gasteiger partial charge in [-0.3, -0.25) is 4.79 Å². The standard InChI is InChI=1S/C18H27NO4/c1-5-6-9-12-23-18(21)16(13(2)3)19-17(20)14-10-7-8-11-15(14)22-4/h7-8,10-11,13,16H,5-6,9,12H2,1-4H3,(H,19,20). The molecular weight excluding hydrogens is 294 g/mol. The first-order chi connectivity index (χ1) is 11.0. The van der Waals surface area contributed by atoms with Gasteiger partial charge < -0.3 is 14.8 Å². The van der Waals surface area contributed by atoms with Crippen LogP contribution < -0.4 is 10.1 Å². The van der Waals surface area contributed by atoms with Gasteiger partial charge >= 0.3 is 5.97 Å². The Labute approximate surface area is 138 Å². The van der Waals surface area contributed by atoms with Crippen LogP contribution in [0.15, 0.2) is 24.3 Å². The van der Waals surface area contributed by atoms with E-state index in [2.05, 4.69) is 12.2 Å². The molecule has 0 aromatic heterocycles. The Morgan fingerprint density at radius 1 is 1.17 bits per heavy atom. The number of para-hydroxylation sites is 1. The minimum Gasteiger partial charge on any atom is -0.496 e. The Hall–Kier alpha value is -2.04. The zero-order valence-electron chi connectivity index (χ0n) is 14.4. The summed E-state index contributed by atoms with van der Waals surface area (Å²) in [6, 6.07) is 6.25. The van der Waals surface area contributed by atoms with Crippen LogP contribution in [0.1, 0.15) is 50.4 Å². The number of esters is 1. The summed E-state index contributed by atoms with van der Waals surface area (Å²) in [4.78, 5) is 24.6. The minimum absolute atomic E-state index is 0.0627. The molecule has 5 heteroatoms. The second-order valence-corrected chi connectivity index (χ2v) is 5.77. The molecule has 0 aliphatic carbocycles. The number of unbranched alkanes of at least 4 members (excludes halogenated alkanes) is 2. The highest BCUT2D eigenvalue weighted by molar-refractivity contribution is 5.99. The highest BCUT2D eigenvalue weighted by atomic mass is 16.5. The molecule has 128 valence electrons. The number of carbonyl (C=O) groups is 2. The molecule has 23 heavy (non-hydrogen) atoms. The molecule has 0 aliphatic rings. The van der Waals surface area contributed by atoms with Gasteiger partial charge in [-0.2, -0.15) is 0 Å². The van der Waals surface area contributed by atoms with E-state index >= 15 is 0 Å². The first kappa shape index (κ1) is 19.0. The summed E-state index contributed by atoms with van der Waals surface area (Å²) >= 11 is 0. The summed E-state index contributed by atoms with van der Waals surface area (Å²) in [7, 11) is 1.51. The molecule has 1 aromatic rings. The number of hydrogen-bond donors (Lipinski definition) is 1. The Kier molecular flexibility index (Phi) is 8.16. The van der Waals surface area contributed by atoms with Crippen molar-refractivity contribution in [3.63, 3.8) is 0 Å². The maximum absolute atomic E-state index is 12.4. The van der Waals surface area contributed by atoms with Crippen LogP contribution in [-0.2, 0) is 9.53 Å². The van der Waals surface area contributed by atoms with Crippen molar-refractivity contribution in [3.05, 3.63) is 29.8 Å². The van der Waals surface area contributed by atoms with Crippen LogP contribution in [0.4, 0.5) is 0 Å². The third-order valence-electron chi connectivity index (χ3n) is 3.55. The van der Waals surface area contributed by atoms with Crippen molar-refractivity contribution in [2.75, 3.05) is 13.7 Å². The highest BCUT2D eigenvalue weighted by Gasteiger charge is 2.27. The second-order valence-electron chi connectivity index (χ2n) is 5.77. The molecule has 0 spiro atoms. The predicted molar refractivity (Wildman–Crippen MR) is 89.6 cm³/mol. The van der Waals surface area contributed by atoms with E-state index < -0.39 is 6.04 Å².